The lowest BCUT2D eigenvalue weighted by molar-refractivity contribution is -0.121. The molecule has 1 fully saturated rings. The molecule has 4 rings (SSSR count). The first-order chi connectivity index (χ1) is 12.6. The molecule has 1 amide bonds. The molecular formula is C21H21N3O2. The van der Waals surface area contributed by atoms with E-state index in [9.17, 15) is 9.59 Å². The van der Waals surface area contributed by atoms with Crippen molar-refractivity contribution in [3.05, 3.63) is 76.3 Å². The van der Waals surface area contributed by atoms with Crippen LogP contribution in [0.2, 0.25) is 0 Å². The summed E-state index contributed by atoms with van der Waals surface area (Å²) >= 11 is 0. The second-order valence-corrected chi connectivity index (χ2v) is 7.07. The van der Waals surface area contributed by atoms with Gasteiger partial charge in [-0.15, -0.1) is 0 Å². The van der Waals surface area contributed by atoms with E-state index in [2.05, 4.69) is 29.4 Å². The SMILES string of the molecule is Cc1ccccc1C1(CNC(=O)Cn2cnc3ccccc3c2=O)CC1. The molecule has 0 unspecified atom stereocenters. The fraction of sp³-hybridized carbons (Fsp3) is 0.286. The van der Waals surface area contributed by atoms with Crippen LogP contribution in [0.1, 0.15) is 24.0 Å². The number of aryl methyl sites for hydroxylation is 1. The highest BCUT2D eigenvalue weighted by Gasteiger charge is 2.45. The highest BCUT2D eigenvalue weighted by atomic mass is 16.2. The number of hydrogen-bond donors (Lipinski definition) is 1. The number of para-hydroxylation sites is 1. The number of benzene rings is 2. The molecule has 1 heterocycles. The molecule has 5 nitrogen and oxygen atoms in total. The summed E-state index contributed by atoms with van der Waals surface area (Å²) in [6, 6.07) is 15.5. The van der Waals surface area contributed by atoms with Gasteiger partial charge in [0, 0.05) is 12.0 Å². The number of hydrogen-bond acceptors (Lipinski definition) is 3. The number of amides is 1. The molecule has 1 saturated carbocycles. The summed E-state index contributed by atoms with van der Waals surface area (Å²) in [5.74, 6) is -0.163. The van der Waals surface area contributed by atoms with E-state index < -0.39 is 0 Å². The van der Waals surface area contributed by atoms with E-state index in [1.165, 1.54) is 22.0 Å². The predicted octanol–water partition coefficient (Wildman–Crippen LogP) is 2.55. The Balaban J connectivity index is 1.46. The minimum atomic E-state index is -0.189. The van der Waals surface area contributed by atoms with E-state index in [1.54, 1.807) is 18.2 Å². The summed E-state index contributed by atoms with van der Waals surface area (Å²) in [4.78, 5) is 29.1. The molecule has 0 aliphatic heterocycles. The third kappa shape index (κ3) is 3.01. The number of carbonyl (C=O) groups is 1. The van der Waals surface area contributed by atoms with Crippen LogP contribution >= 0.6 is 0 Å². The number of rotatable bonds is 5. The highest BCUT2D eigenvalue weighted by Crippen LogP contribution is 2.48. The zero-order valence-corrected chi connectivity index (χ0v) is 14.7. The second-order valence-electron chi connectivity index (χ2n) is 7.07. The van der Waals surface area contributed by atoms with Crippen molar-refractivity contribution in [3.63, 3.8) is 0 Å². The molecular weight excluding hydrogens is 326 g/mol. The van der Waals surface area contributed by atoms with Crippen LogP contribution in [-0.2, 0) is 16.8 Å². The number of nitrogens with zero attached hydrogens (tertiary/aromatic N) is 2. The normalized spacial score (nSPS) is 15.0. The maximum absolute atomic E-state index is 12.5. The fourth-order valence-electron chi connectivity index (χ4n) is 3.56. The average molecular weight is 347 g/mol. The Bertz CT molecular complexity index is 1030. The van der Waals surface area contributed by atoms with Crippen LogP contribution in [0.5, 0.6) is 0 Å². The van der Waals surface area contributed by atoms with Gasteiger partial charge in [0.1, 0.15) is 6.54 Å². The van der Waals surface area contributed by atoms with Gasteiger partial charge in [-0.25, -0.2) is 4.98 Å². The van der Waals surface area contributed by atoms with E-state index in [4.69, 9.17) is 0 Å². The summed E-state index contributed by atoms with van der Waals surface area (Å²) in [5, 5.41) is 3.54. The number of nitrogens with one attached hydrogen (secondary N) is 1. The van der Waals surface area contributed by atoms with Crippen molar-refractivity contribution in [2.45, 2.75) is 31.7 Å². The van der Waals surface area contributed by atoms with Crippen molar-refractivity contribution < 1.29 is 4.79 Å². The minimum Gasteiger partial charge on any atom is -0.354 e. The van der Waals surface area contributed by atoms with Gasteiger partial charge < -0.3 is 5.32 Å². The molecule has 0 bridgehead atoms. The maximum atomic E-state index is 12.5. The van der Waals surface area contributed by atoms with Gasteiger partial charge in [-0.1, -0.05) is 36.4 Å². The molecule has 0 atom stereocenters. The summed E-state index contributed by atoms with van der Waals surface area (Å²) < 4.78 is 1.37. The Morgan fingerprint density at radius 3 is 2.65 bits per heavy atom. The Kier molecular flexibility index (Phi) is 4.07. The maximum Gasteiger partial charge on any atom is 0.261 e. The Hall–Kier alpha value is -2.95. The monoisotopic (exact) mass is 347 g/mol. The standard InChI is InChI=1S/C21H21N3O2/c1-15-6-2-4-8-17(15)21(10-11-21)13-22-19(25)12-24-14-23-18-9-5-3-7-16(18)20(24)26/h2-9,14H,10-13H2,1H3,(H,22,25). The van der Waals surface area contributed by atoms with Crippen LogP contribution < -0.4 is 10.9 Å². The lowest BCUT2D eigenvalue weighted by atomic mass is 9.92. The molecule has 0 saturated heterocycles. The minimum absolute atomic E-state index is 0.0134. The number of carbonyl (C=O) groups excluding carboxylic acids is 1. The zero-order chi connectivity index (χ0) is 18.1. The molecule has 1 aliphatic carbocycles. The fourth-order valence-corrected chi connectivity index (χ4v) is 3.56. The number of aromatic nitrogens is 2. The van der Waals surface area contributed by atoms with Crippen molar-refractivity contribution in [1.82, 2.24) is 14.9 Å². The summed E-state index contributed by atoms with van der Waals surface area (Å²) in [6.07, 6.45) is 3.60. The van der Waals surface area contributed by atoms with Gasteiger partial charge in [-0.3, -0.25) is 14.2 Å². The summed E-state index contributed by atoms with van der Waals surface area (Å²) in [6.45, 7) is 2.70. The Labute approximate surface area is 151 Å². The quantitative estimate of drug-likeness (QED) is 0.771. The van der Waals surface area contributed by atoms with Gasteiger partial charge in [-0.05, 0) is 43.0 Å². The van der Waals surface area contributed by atoms with Crippen LogP contribution in [0, 0.1) is 6.92 Å². The van der Waals surface area contributed by atoms with E-state index in [0.717, 1.165) is 12.8 Å². The van der Waals surface area contributed by atoms with Crippen molar-refractivity contribution in [1.29, 1.82) is 0 Å². The molecule has 2 aromatic carbocycles. The molecule has 26 heavy (non-hydrogen) atoms. The molecule has 132 valence electrons. The Morgan fingerprint density at radius 1 is 1.15 bits per heavy atom. The molecule has 1 N–H and O–H groups in total. The van der Waals surface area contributed by atoms with Crippen LogP contribution in [-0.4, -0.2) is 22.0 Å². The summed E-state index contributed by atoms with van der Waals surface area (Å²) in [7, 11) is 0. The lowest BCUT2D eigenvalue weighted by Gasteiger charge is -2.19. The van der Waals surface area contributed by atoms with Crippen molar-refractivity contribution in [2.24, 2.45) is 0 Å². The van der Waals surface area contributed by atoms with E-state index in [1.807, 2.05) is 18.2 Å². The average Bonchev–Trinajstić information content (AvgIpc) is 3.44. The molecule has 3 aromatic rings. The molecule has 0 radical (unpaired) electrons. The van der Waals surface area contributed by atoms with Gasteiger partial charge in [0.05, 0.1) is 17.2 Å². The van der Waals surface area contributed by atoms with Crippen LogP contribution in [0.25, 0.3) is 10.9 Å². The van der Waals surface area contributed by atoms with Gasteiger partial charge in [0.25, 0.3) is 5.56 Å². The third-order valence-corrected chi connectivity index (χ3v) is 5.24. The first-order valence-electron chi connectivity index (χ1n) is 8.86. The molecule has 1 aromatic heterocycles. The molecule has 5 heteroatoms. The highest BCUT2D eigenvalue weighted by molar-refractivity contribution is 5.79. The van der Waals surface area contributed by atoms with Crippen LogP contribution in [0.3, 0.4) is 0 Å². The summed E-state index contributed by atoms with van der Waals surface area (Å²) in [5.41, 5.74) is 3.07. The van der Waals surface area contributed by atoms with Crippen molar-refractivity contribution in [3.8, 4) is 0 Å². The number of fused-ring (bicyclic) bond motifs is 1. The van der Waals surface area contributed by atoms with E-state index in [-0.39, 0.29) is 23.4 Å². The van der Waals surface area contributed by atoms with Gasteiger partial charge in [0.15, 0.2) is 0 Å². The third-order valence-electron chi connectivity index (χ3n) is 5.24. The molecule has 0 spiro atoms. The van der Waals surface area contributed by atoms with Crippen molar-refractivity contribution in [2.75, 3.05) is 6.54 Å². The topological polar surface area (TPSA) is 64.0 Å². The van der Waals surface area contributed by atoms with Crippen LogP contribution in [0.15, 0.2) is 59.7 Å². The van der Waals surface area contributed by atoms with E-state index >= 15 is 0 Å². The van der Waals surface area contributed by atoms with Crippen LogP contribution in [0.4, 0.5) is 0 Å². The largest absolute Gasteiger partial charge is 0.354 e. The van der Waals surface area contributed by atoms with Gasteiger partial charge >= 0.3 is 0 Å². The van der Waals surface area contributed by atoms with Gasteiger partial charge in [0.2, 0.25) is 5.91 Å². The van der Waals surface area contributed by atoms with Gasteiger partial charge in [-0.2, -0.15) is 0 Å². The first-order valence-corrected chi connectivity index (χ1v) is 8.86. The Morgan fingerprint density at radius 2 is 1.88 bits per heavy atom. The lowest BCUT2D eigenvalue weighted by Crippen LogP contribution is -2.37. The molecule has 1 aliphatic rings. The first kappa shape index (κ1) is 16.5. The zero-order valence-electron chi connectivity index (χ0n) is 14.7. The smallest absolute Gasteiger partial charge is 0.261 e. The predicted molar refractivity (Wildman–Crippen MR) is 101 cm³/mol. The van der Waals surface area contributed by atoms with Crippen molar-refractivity contribution >= 4 is 16.8 Å². The van der Waals surface area contributed by atoms with E-state index in [0.29, 0.717) is 17.4 Å². The second kappa shape index (κ2) is 6.41.